The molecule has 0 aromatic heterocycles. The summed E-state index contributed by atoms with van der Waals surface area (Å²) in [6.45, 7) is 0.219. The van der Waals surface area contributed by atoms with Crippen molar-refractivity contribution in [3.05, 3.63) is 71.0 Å². The topological polar surface area (TPSA) is 29.1 Å². The van der Waals surface area contributed by atoms with Gasteiger partial charge < -0.3 is 5.32 Å². The number of halogens is 4. The molecular weight excluding hydrogens is 310 g/mol. The van der Waals surface area contributed by atoms with E-state index in [0.29, 0.717) is 22.3 Å². The number of nitrogens with one attached hydrogen (secondary N) is 1. The molecule has 0 atom stereocenters. The van der Waals surface area contributed by atoms with Gasteiger partial charge in [0.05, 0.1) is 11.1 Å². The molecule has 0 saturated carbocycles. The van der Waals surface area contributed by atoms with Crippen LogP contribution in [0.15, 0.2) is 48.5 Å². The molecule has 0 fully saturated rings. The Morgan fingerprint density at radius 2 is 1.43 bits per heavy atom. The lowest BCUT2D eigenvalue weighted by molar-refractivity contribution is -0.137. The summed E-state index contributed by atoms with van der Waals surface area (Å²) in [6.07, 6.45) is -4.41. The maximum atomic E-state index is 13.0. The molecule has 0 radical (unpaired) electrons. The molecule has 1 heterocycles. The fourth-order valence-corrected chi connectivity index (χ4v) is 2.51. The molecule has 3 rings (SSSR count). The van der Waals surface area contributed by atoms with E-state index in [1.54, 1.807) is 0 Å². The van der Waals surface area contributed by atoms with Crippen molar-refractivity contribution in [3.63, 3.8) is 0 Å². The highest BCUT2D eigenvalue weighted by molar-refractivity contribution is 6.30. The monoisotopic (exact) mass is 321 g/mol. The van der Waals surface area contributed by atoms with Crippen LogP contribution in [0.2, 0.25) is 0 Å². The summed E-state index contributed by atoms with van der Waals surface area (Å²) in [4.78, 5) is 12.0. The van der Waals surface area contributed by atoms with Crippen LogP contribution < -0.4 is 5.32 Å². The van der Waals surface area contributed by atoms with Gasteiger partial charge in [0.15, 0.2) is 0 Å². The van der Waals surface area contributed by atoms with E-state index in [0.717, 1.165) is 12.1 Å². The molecule has 0 saturated heterocycles. The summed E-state index contributed by atoms with van der Waals surface area (Å²) in [5, 5.41) is 2.65. The van der Waals surface area contributed by atoms with Gasteiger partial charge in [-0.05, 0) is 41.0 Å². The molecule has 2 nitrogen and oxygen atoms in total. The average molecular weight is 321 g/mol. The predicted octanol–water partition coefficient (Wildman–Crippen LogP) is 3.89. The third-order valence-corrected chi connectivity index (χ3v) is 3.65. The van der Waals surface area contributed by atoms with E-state index in [1.807, 2.05) is 0 Å². The van der Waals surface area contributed by atoms with Crippen LogP contribution in [0.25, 0.3) is 11.1 Å². The van der Waals surface area contributed by atoms with Gasteiger partial charge in [0.1, 0.15) is 5.82 Å². The second-order valence-electron chi connectivity index (χ2n) is 5.12. The first kappa shape index (κ1) is 15.3. The van der Waals surface area contributed by atoms with Crippen molar-refractivity contribution < 1.29 is 22.4 Å². The quantitative estimate of drug-likeness (QED) is 0.836. The molecule has 1 aliphatic heterocycles. The summed E-state index contributed by atoms with van der Waals surface area (Å²) < 4.78 is 50.9. The Balaban J connectivity index is 2.05. The van der Waals surface area contributed by atoms with Crippen LogP contribution in [0.1, 0.15) is 16.7 Å². The molecule has 0 spiro atoms. The zero-order valence-electron chi connectivity index (χ0n) is 11.7. The van der Waals surface area contributed by atoms with Crippen LogP contribution >= 0.6 is 0 Å². The van der Waals surface area contributed by atoms with E-state index in [-0.39, 0.29) is 12.5 Å². The zero-order chi connectivity index (χ0) is 16.6. The Hall–Kier alpha value is -2.63. The highest BCUT2D eigenvalue weighted by atomic mass is 19.4. The summed E-state index contributed by atoms with van der Waals surface area (Å²) in [7, 11) is 0. The van der Waals surface area contributed by atoms with Gasteiger partial charge in [-0.25, -0.2) is 4.39 Å². The van der Waals surface area contributed by atoms with Crippen molar-refractivity contribution in [2.75, 3.05) is 6.54 Å². The Morgan fingerprint density at radius 1 is 0.870 bits per heavy atom. The lowest BCUT2D eigenvalue weighted by Crippen LogP contribution is -2.17. The fourth-order valence-electron chi connectivity index (χ4n) is 2.51. The Morgan fingerprint density at radius 3 is 2.00 bits per heavy atom. The molecule has 118 valence electrons. The van der Waals surface area contributed by atoms with Crippen molar-refractivity contribution in [1.82, 2.24) is 5.32 Å². The maximum absolute atomic E-state index is 13.0. The van der Waals surface area contributed by atoms with E-state index < -0.39 is 17.6 Å². The Bertz CT molecular complexity index is 774. The second-order valence-corrected chi connectivity index (χ2v) is 5.12. The standard InChI is InChI=1S/C17H11F4NO/c18-13-7-3-11(4-8-13)15-14(9-22-16(15)23)10-1-5-12(6-2-10)17(19,20)21/h1-8H,9H2,(H,22,23). The van der Waals surface area contributed by atoms with Crippen molar-refractivity contribution in [2.45, 2.75) is 6.18 Å². The molecule has 1 amide bonds. The predicted molar refractivity (Wildman–Crippen MR) is 77.7 cm³/mol. The molecule has 1 N–H and O–H groups in total. The van der Waals surface area contributed by atoms with Crippen LogP contribution in [-0.4, -0.2) is 12.5 Å². The number of carbonyl (C=O) groups is 1. The first-order valence-corrected chi connectivity index (χ1v) is 6.81. The summed E-state index contributed by atoms with van der Waals surface area (Å²) in [5.74, 6) is -0.754. The van der Waals surface area contributed by atoms with Crippen LogP contribution in [0.4, 0.5) is 17.6 Å². The van der Waals surface area contributed by atoms with Crippen molar-refractivity contribution >= 4 is 17.1 Å². The fraction of sp³-hybridized carbons (Fsp3) is 0.118. The van der Waals surface area contributed by atoms with Gasteiger partial charge in [-0.3, -0.25) is 4.79 Å². The lowest BCUT2D eigenvalue weighted by atomic mass is 9.96. The molecule has 0 bridgehead atoms. The number of alkyl halides is 3. The summed E-state index contributed by atoms with van der Waals surface area (Å²) >= 11 is 0. The largest absolute Gasteiger partial charge is 0.416 e. The number of amides is 1. The van der Waals surface area contributed by atoms with E-state index >= 15 is 0 Å². The smallest absolute Gasteiger partial charge is 0.348 e. The molecule has 2 aromatic rings. The number of benzene rings is 2. The first-order valence-electron chi connectivity index (χ1n) is 6.81. The minimum absolute atomic E-state index is 0.219. The van der Waals surface area contributed by atoms with Gasteiger partial charge in [-0.2, -0.15) is 13.2 Å². The Labute approximate surface area is 129 Å². The molecule has 0 unspecified atom stereocenters. The van der Waals surface area contributed by atoms with Crippen molar-refractivity contribution in [1.29, 1.82) is 0 Å². The Kier molecular flexibility index (Phi) is 3.67. The molecular formula is C17H11F4NO. The minimum Gasteiger partial charge on any atom is -0.348 e. The van der Waals surface area contributed by atoms with E-state index in [1.165, 1.54) is 36.4 Å². The van der Waals surface area contributed by atoms with Gasteiger partial charge in [0.25, 0.3) is 5.91 Å². The summed E-state index contributed by atoms with van der Waals surface area (Å²) in [5.41, 5.74) is 1.24. The van der Waals surface area contributed by atoms with Gasteiger partial charge in [0, 0.05) is 6.54 Å². The average Bonchev–Trinajstić information content (AvgIpc) is 2.89. The van der Waals surface area contributed by atoms with Crippen LogP contribution in [0.3, 0.4) is 0 Å². The van der Waals surface area contributed by atoms with Gasteiger partial charge in [-0.1, -0.05) is 24.3 Å². The van der Waals surface area contributed by atoms with Gasteiger partial charge in [0.2, 0.25) is 0 Å². The number of rotatable bonds is 2. The zero-order valence-corrected chi connectivity index (χ0v) is 11.7. The number of hydrogen-bond acceptors (Lipinski definition) is 1. The van der Waals surface area contributed by atoms with Crippen LogP contribution in [0.5, 0.6) is 0 Å². The normalized spacial score (nSPS) is 15.0. The van der Waals surface area contributed by atoms with E-state index in [2.05, 4.69) is 5.32 Å². The maximum Gasteiger partial charge on any atom is 0.416 e. The molecule has 23 heavy (non-hydrogen) atoms. The third kappa shape index (κ3) is 2.97. The highest BCUT2D eigenvalue weighted by Crippen LogP contribution is 2.33. The van der Waals surface area contributed by atoms with Crippen molar-refractivity contribution in [2.24, 2.45) is 0 Å². The molecule has 0 aliphatic carbocycles. The van der Waals surface area contributed by atoms with Gasteiger partial charge in [-0.15, -0.1) is 0 Å². The first-order chi connectivity index (χ1) is 10.9. The second kappa shape index (κ2) is 5.53. The van der Waals surface area contributed by atoms with E-state index in [9.17, 15) is 22.4 Å². The molecule has 2 aromatic carbocycles. The SMILES string of the molecule is O=C1NCC(c2ccc(C(F)(F)F)cc2)=C1c1ccc(F)cc1. The van der Waals surface area contributed by atoms with Crippen LogP contribution in [0, 0.1) is 5.82 Å². The van der Waals surface area contributed by atoms with Gasteiger partial charge >= 0.3 is 6.18 Å². The molecule has 1 aliphatic rings. The minimum atomic E-state index is -4.41. The third-order valence-electron chi connectivity index (χ3n) is 3.65. The number of hydrogen-bond donors (Lipinski definition) is 1. The number of carbonyl (C=O) groups excluding carboxylic acids is 1. The van der Waals surface area contributed by atoms with Crippen LogP contribution in [-0.2, 0) is 11.0 Å². The highest BCUT2D eigenvalue weighted by Gasteiger charge is 2.31. The molecule has 6 heteroatoms. The summed E-state index contributed by atoms with van der Waals surface area (Å²) in [6, 6.07) is 10.0. The van der Waals surface area contributed by atoms with E-state index in [4.69, 9.17) is 0 Å². The lowest BCUT2D eigenvalue weighted by Gasteiger charge is -2.09. The van der Waals surface area contributed by atoms with Crippen molar-refractivity contribution in [3.8, 4) is 0 Å².